The van der Waals surface area contributed by atoms with Crippen molar-refractivity contribution < 1.29 is 4.74 Å². The molecule has 0 saturated heterocycles. The number of nitrogens with zero attached hydrogens (tertiary/aromatic N) is 1. The first-order valence-corrected chi connectivity index (χ1v) is 5.08. The monoisotopic (exact) mass is 234 g/mol. The minimum atomic E-state index is -0.262. The van der Waals surface area contributed by atoms with Crippen molar-refractivity contribution in [1.82, 2.24) is 9.55 Å². The molecule has 0 spiro atoms. The van der Waals surface area contributed by atoms with Crippen molar-refractivity contribution >= 4 is 12.2 Å². The number of nitrogens with one attached hydrogen (secondary N) is 1. The van der Waals surface area contributed by atoms with E-state index in [1.165, 1.54) is 4.57 Å². The number of rotatable bonds is 2. The molecule has 82 valence electrons. The Morgan fingerprint density at radius 1 is 1.38 bits per heavy atom. The molecule has 0 aliphatic carbocycles. The van der Waals surface area contributed by atoms with Crippen LogP contribution in [0.2, 0.25) is 0 Å². The molecule has 2 aromatic rings. The zero-order valence-electron chi connectivity index (χ0n) is 8.64. The molecule has 0 aliphatic heterocycles. The fourth-order valence-corrected chi connectivity index (χ4v) is 1.61. The molecule has 0 saturated carbocycles. The molecule has 0 aliphatic rings. The number of aromatic nitrogens is 2. The van der Waals surface area contributed by atoms with Crippen LogP contribution in [0.4, 0.5) is 0 Å². The van der Waals surface area contributed by atoms with Crippen molar-refractivity contribution in [3.63, 3.8) is 0 Å². The topological polar surface area (TPSA) is 47.0 Å². The van der Waals surface area contributed by atoms with Gasteiger partial charge in [0.15, 0.2) is 4.64 Å². The van der Waals surface area contributed by atoms with Gasteiger partial charge in [-0.2, -0.15) is 0 Å². The highest BCUT2D eigenvalue weighted by molar-refractivity contribution is 7.71. The Bertz CT molecular complexity index is 616. The van der Waals surface area contributed by atoms with Gasteiger partial charge in [-0.15, -0.1) is 0 Å². The van der Waals surface area contributed by atoms with Gasteiger partial charge in [0.25, 0.3) is 5.56 Å². The number of ether oxygens (including phenoxy) is 1. The maximum Gasteiger partial charge on any atom is 0.290 e. The van der Waals surface area contributed by atoms with E-state index in [9.17, 15) is 4.79 Å². The molecule has 16 heavy (non-hydrogen) atoms. The average molecular weight is 234 g/mol. The van der Waals surface area contributed by atoms with Gasteiger partial charge in [0, 0.05) is 12.4 Å². The molecular formula is C11H10N2O2S. The van der Waals surface area contributed by atoms with Crippen molar-refractivity contribution in [2.75, 3.05) is 7.11 Å². The zero-order valence-corrected chi connectivity index (χ0v) is 9.45. The summed E-state index contributed by atoms with van der Waals surface area (Å²) in [6.07, 6.45) is 3.24. The summed E-state index contributed by atoms with van der Waals surface area (Å²) in [6, 6.07) is 7.28. The van der Waals surface area contributed by atoms with E-state index in [0.717, 1.165) is 0 Å². The fourth-order valence-electron chi connectivity index (χ4n) is 1.44. The second-order valence-electron chi connectivity index (χ2n) is 3.14. The Morgan fingerprint density at radius 3 is 2.88 bits per heavy atom. The third-order valence-electron chi connectivity index (χ3n) is 2.20. The van der Waals surface area contributed by atoms with Gasteiger partial charge in [0.1, 0.15) is 5.75 Å². The van der Waals surface area contributed by atoms with Crippen molar-refractivity contribution in [1.29, 1.82) is 0 Å². The summed E-state index contributed by atoms with van der Waals surface area (Å²) in [7, 11) is 1.56. The molecule has 1 aromatic heterocycles. The van der Waals surface area contributed by atoms with E-state index in [1.54, 1.807) is 31.6 Å². The molecule has 5 heteroatoms. The molecule has 0 atom stereocenters. The molecule has 1 N–H and O–H groups in total. The molecule has 0 unspecified atom stereocenters. The van der Waals surface area contributed by atoms with E-state index < -0.39 is 0 Å². The Morgan fingerprint density at radius 2 is 2.12 bits per heavy atom. The molecule has 0 bridgehead atoms. The smallest absolute Gasteiger partial charge is 0.290 e. The van der Waals surface area contributed by atoms with Crippen LogP contribution < -0.4 is 10.3 Å². The Hall–Kier alpha value is -1.88. The summed E-state index contributed by atoms with van der Waals surface area (Å²) in [5.41, 5.74) is 0.414. The lowest BCUT2D eigenvalue weighted by Gasteiger charge is -2.09. The molecule has 1 heterocycles. The second kappa shape index (κ2) is 4.32. The highest BCUT2D eigenvalue weighted by Gasteiger charge is 2.05. The third kappa shape index (κ3) is 1.77. The molecule has 4 nitrogen and oxygen atoms in total. The summed E-state index contributed by atoms with van der Waals surface area (Å²) < 4.78 is 6.82. The van der Waals surface area contributed by atoms with Crippen LogP contribution in [-0.2, 0) is 0 Å². The Kier molecular flexibility index (Phi) is 2.87. The summed E-state index contributed by atoms with van der Waals surface area (Å²) in [5, 5.41) is 0. The van der Waals surface area contributed by atoms with E-state index in [0.29, 0.717) is 11.4 Å². The predicted octanol–water partition coefficient (Wildman–Crippen LogP) is 1.90. The lowest BCUT2D eigenvalue weighted by atomic mass is 10.3. The molecule has 0 amide bonds. The number of H-pyrrole nitrogens is 1. The zero-order chi connectivity index (χ0) is 11.5. The van der Waals surface area contributed by atoms with Gasteiger partial charge >= 0.3 is 0 Å². The minimum Gasteiger partial charge on any atom is -0.495 e. The van der Waals surface area contributed by atoms with E-state index >= 15 is 0 Å². The van der Waals surface area contributed by atoms with Gasteiger partial charge in [-0.05, 0) is 12.1 Å². The van der Waals surface area contributed by atoms with Gasteiger partial charge in [0.05, 0.1) is 12.8 Å². The van der Waals surface area contributed by atoms with Gasteiger partial charge in [-0.1, -0.05) is 24.4 Å². The lowest BCUT2D eigenvalue weighted by molar-refractivity contribution is 0.412. The highest BCUT2D eigenvalue weighted by atomic mass is 32.1. The molecular weight excluding hydrogens is 224 g/mol. The number of para-hydroxylation sites is 2. The van der Waals surface area contributed by atoms with Crippen LogP contribution in [-0.4, -0.2) is 16.7 Å². The minimum absolute atomic E-state index is 0.174. The average Bonchev–Trinajstić information content (AvgIpc) is 2.33. The van der Waals surface area contributed by atoms with E-state index in [4.69, 9.17) is 17.0 Å². The van der Waals surface area contributed by atoms with Crippen LogP contribution in [0.15, 0.2) is 41.5 Å². The quantitative estimate of drug-likeness (QED) is 0.807. The number of hydrogen-bond acceptors (Lipinski definition) is 3. The van der Waals surface area contributed by atoms with Crippen LogP contribution >= 0.6 is 12.2 Å². The Balaban J connectivity index is 2.73. The van der Waals surface area contributed by atoms with Crippen LogP contribution in [0.25, 0.3) is 5.69 Å². The van der Waals surface area contributed by atoms with Crippen LogP contribution in [0, 0.1) is 4.64 Å². The summed E-state index contributed by atoms with van der Waals surface area (Å²) in [5.74, 6) is 0.630. The van der Waals surface area contributed by atoms with Crippen molar-refractivity contribution in [3.05, 3.63) is 51.7 Å². The second-order valence-corrected chi connectivity index (χ2v) is 3.54. The van der Waals surface area contributed by atoms with Gasteiger partial charge in [0.2, 0.25) is 0 Å². The van der Waals surface area contributed by atoms with Gasteiger partial charge in [-0.25, -0.2) is 0 Å². The predicted molar refractivity (Wildman–Crippen MR) is 63.8 cm³/mol. The Labute approximate surface area is 97.1 Å². The van der Waals surface area contributed by atoms with Gasteiger partial charge in [-0.3, -0.25) is 9.36 Å². The maximum absolute atomic E-state index is 11.8. The maximum atomic E-state index is 11.8. The summed E-state index contributed by atoms with van der Waals surface area (Å²) in [6.45, 7) is 0. The van der Waals surface area contributed by atoms with Crippen molar-refractivity contribution in [2.45, 2.75) is 0 Å². The number of aromatic amines is 1. The molecule has 2 rings (SSSR count). The van der Waals surface area contributed by atoms with E-state index in [2.05, 4.69) is 4.98 Å². The number of methoxy groups -OCH3 is 1. The first kappa shape index (κ1) is 10.6. The lowest BCUT2D eigenvalue weighted by Crippen LogP contribution is -2.19. The number of benzene rings is 1. The third-order valence-corrected chi connectivity index (χ3v) is 2.49. The fraction of sp³-hybridized carbons (Fsp3) is 0.0909. The van der Waals surface area contributed by atoms with E-state index in [-0.39, 0.29) is 10.2 Å². The summed E-state index contributed by atoms with van der Waals surface area (Å²) >= 11 is 4.89. The van der Waals surface area contributed by atoms with Crippen molar-refractivity contribution in [3.8, 4) is 11.4 Å². The SMILES string of the molecule is COc1ccccc1-n1cc[nH]c(=S)c1=O. The van der Waals surface area contributed by atoms with E-state index in [1.807, 2.05) is 12.1 Å². The first-order chi connectivity index (χ1) is 7.74. The van der Waals surface area contributed by atoms with Crippen LogP contribution in [0.3, 0.4) is 0 Å². The van der Waals surface area contributed by atoms with Crippen molar-refractivity contribution in [2.24, 2.45) is 0 Å². The summed E-state index contributed by atoms with van der Waals surface area (Å²) in [4.78, 5) is 14.5. The molecule has 0 radical (unpaired) electrons. The molecule has 0 fully saturated rings. The standard InChI is InChI=1S/C11H10N2O2S/c1-15-9-5-3-2-4-8(9)13-7-6-12-10(16)11(13)14/h2-7H,1H3,(H,12,16). The number of hydrogen-bond donors (Lipinski definition) is 1. The largest absolute Gasteiger partial charge is 0.495 e. The normalized spacial score (nSPS) is 10.1. The van der Waals surface area contributed by atoms with Crippen LogP contribution in [0.5, 0.6) is 5.75 Å². The highest BCUT2D eigenvalue weighted by Crippen LogP contribution is 2.19. The first-order valence-electron chi connectivity index (χ1n) is 4.68. The molecule has 1 aromatic carbocycles. The van der Waals surface area contributed by atoms with Crippen LogP contribution in [0.1, 0.15) is 0 Å². The van der Waals surface area contributed by atoms with Gasteiger partial charge < -0.3 is 9.72 Å².